The van der Waals surface area contributed by atoms with Crippen molar-refractivity contribution in [1.29, 1.82) is 0 Å². The van der Waals surface area contributed by atoms with Crippen LogP contribution in [-0.4, -0.2) is 65.7 Å². The summed E-state index contributed by atoms with van der Waals surface area (Å²) in [6.45, 7) is -0.500. The van der Waals surface area contributed by atoms with Crippen molar-refractivity contribution in [3.63, 3.8) is 0 Å². The van der Waals surface area contributed by atoms with E-state index in [-0.39, 0.29) is 11.3 Å². The fraction of sp³-hybridized carbons (Fsp3) is 0.316. The van der Waals surface area contributed by atoms with E-state index < -0.39 is 48.0 Å². The quantitative estimate of drug-likeness (QED) is 0.519. The maximum Gasteiger partial charge on any atom is 0.159 e. The molecule has 3 aromatic rings. The van der Waals surface area contributed by atoms with Gasteiger partial charge in [0.15, 0.2) is 11.6 Å². The van der Waals surface area contributed by atoms with Crippen LogP contribution in [0, 0.1) is 11.6 Å². The van der Waals surface area contributed by atoms with Crippen molar-refractivity contribution >= 4 is 23.4 Å². The summed E-state index contributed by atoms with van der Waals surface area (Å²) in [5.41, 5.74) is -0.397. The van der Waals surface area contributed by atoms with Crippen LogP contribution in [0.25, 0.3) is 11.3 Å². The van der Waals surface area contributed by atoms with E-state index in [1.165, 1.54) is 29.3 Å². The molecule has 164 valence electrons. The average Bonchev–Trinajstić information content (AvgIpc) is 3.22. The molecule has 0 aliphatic carbocycles. The van der Waals surface area contributed by atoms with Crippen LogP contribution in [0.2, 0.25) is 5.02 Å². The molecule has 8 nitrogen and oxygen atoms in total. The Balaban J connectivity index is 1.62. The van der Waals surface area contributed by atoms with Crippen molar-refractivity contribution in [1.82, 2.24) is 20.0 Å². The Morgan fingerprint density at radius 1 is 1.13 bits per heavy atom. The molecule has 1 aliphatic heterocycles. The zero-order valence-corrected chi connectivity index (χ0v) is 17.3. The summed E-state index contributed by atoms with van der Waals surface area (Å²) in [5, 5.41) is 39.5. The van der Waals surface area contributed by atoms with Crippen LogP contribution in [0.4, 0.5) is 8.78 Å². The van der Waals surface area contributed by atoms with Crippen molar-refractivity contribution in [2.45, 2.75) is 34.7 Å². The van der Waals surface area contributed by atoms with E-state index in [2.05, 4.69) is 15.3 Å². The lowest BCUT2D eigenvalue weighted by Gasteiger charge is -2.41. The number of hydrogen-bond donors (Lipinski definition) is 3. The van der Waals surface area contributed by atoms with Gasteiger partial charge in [-0.1, -0.05) is 28.6 Å². The van der Waals surface area contributed by atoms with E-state index in [4.69, 9.17) is 16.3 Å². The third kappa shape index (κ3) is 4.56. The average molecular weight is 471 g/mol. The maximum absolute atomic E-state index is 13.6. The monoisotopic (exact) mass is 470 g/mol. The predicted octanol–water partition coefficient (Wildman–Crippen LogP) is 2.04. The number of benzene rings is 1. The minimum absolute atomic E-state index is 0.216. The summed E-state index contributed by atoms with van der Waals surface area (Å²) >= 11 is 7.07. The molecule has 1 aromatic carbocycles. The number of pyridine rings is 1. The number of ether oxygens (including phenoxy) is 1. The van der Waals surface area contributed by atoms with Gasteiger partial charge in [0.1, 0.15) is 35.5 Å². The van der Waals surface area contributed by atoms with Gasteiger partial charge in [-0.2, -0.15) is 0 Å². The van der Waals surface area contributed by atoms with Gasteiger partial charge in [0.25, 0.3) is 0 Å². The van der Waals surface area contributed by atoms with E-state index in [1.807, 2.05) is 0 Å². The van der Waals surface area contributed by atoms with Crippen LogP contribution in [0.15, 0.2) is 47.8 Å². The van der Waals surface area contributed by atoms with Gasteiger partial charge in [-0.25, -0.2) is 13.5 Å². The Labute approximate surface area is 184 Å². The van der Waals surface area contributed by atoms with Gasteiger partial charge < -0.3 is 20.1 Å². The van der Waals surface area contributed by atoms with Crippen LogP contribution in [-0.2, 0) is 4.74 Å². The van der Waals surface area contributed by atoms with E-state index in [9.17, 15) is 24.1 Å². The molecule has 31 heavy (non-hydrogen) atoms. The minimum Gasteiger partial charge on any atom is -0.394 e. The van der Waals surface area contributed by atoms with Crippen LogP contribution in [0.5, 0.6) is 0 Å². The Hall–Kier alpha value is -2.15. The number of rotatable bonds is 5. The Morgan fingerprint density at radius 3 is 2.65 bits per heavy atom. The number of nitrogens with zero attached hydrogens (tertiary/aromatic N) is 4. The van der Waals surface area contributed by atoms with Crippen molar-refractivity contribution in [2.75, 3.05) is 6.61 Å². The number of aliphatic hydroxyl groups excluding tert-OH is 3. The fourth-order valence-corrected chi connectivity index (χ4v) is 4.60. The highest BCUT2D eigenvalue weighted by Crippen LogP contribution is 2.38. The summed E-state index contributed by atoms with van der Waals surface area (Å²) in [7, 11) is 0. The first kappa shape index (κ1) is 22.1. The van der Waals surface area contributed by atoms with Crippen LogP contribution in [0.1, 0.15) is 6.04 Å². The Kier molecular flexibility index (Phi) is 6.51. The standard InChI is InChI=1S/C19H17ClF2N4O4S/c20-10-4-11(6-23-5-10)31-19-18(29)16(17(28)15(8-27)30-19)26-7-14(24-25-26)9-1-2-12(21)13(22)3-9/h1-7,15-19,27-29H,8H2. The second-order valence-corrected chi connectivity index (χ2v) is 8.47. The summed E-state index contributed by atoms with van der Waals surface area (Å²) in [4.78, 5) is 4.60. The largest absolute Gasteiger partial charge is 0.394 e. The highest BCUT2D eigenvalue weighted by molar-refractivity contribution is 7.99. The summed E-state index contributed by atoms with van der Waals surface area (Å²) in [6.07, 6.45) is 0.815. The number of aromatic nitrogens is 4. The van der Waals surface area contributed by atoms with E-state index >= 15 is 0 Å². The molecule has 0 spiro atoms. The summed E-state index contributed by atoms with van der Waals surface area (Å²) < 4.78 is 33.7. The molecule has 1 fully saturated rings. The number of hydrogen-bond acceptors (Lipinski definition) is 8. The van der Waals surface area contributed by atoms with Gasteiger partial charge in [-0.3, -0.25) is 4.98 Å². The van der Waals surface area contributed by atoms with Crippen LogP contribution in [0.3, 0.4) is 0 Å². The minimum atomic E-state index is -1.31. The lowest BCUT2D eigenvalue weighted by molar-refractivity contribution is -0.178. The van der Waals surface area contributed by atoms with Crippen molar-refractivity contribution in [3.05, 3.63) is 59.5 Å². The van der Waals surface area contributed by atoms with Gasteiger partial charge >= 0.3 is 0 Å². The van der Waals surface area contributed by atoms with E-state index in [0.29, 0.717) is 9.92 Å². The van der Waals surface area contributed by atoms with Crippen molar-refractivity contribution < 1.29 is 28.8 Å². The molecule has 4 rings (SSSR count). The molecule has 5 atom stereocenters. The topological polar surface area (TPSA) is 114 Å². The van der Waals surface area contributed by atoms with Gasteiger partial charge in [0, 0.05) is 22.9 Å². The first-order chi connectivity index (χ1) is 14.9. The van der Waals surface area contributed by atoms with Gasteiger partial charge in [-0.15, -0.1) is 5.10 Å². The lowest BCUT2D eigenvalue weighted by Crippen LogP contribution is -2.55. The van der Waals surface area contributed by atoms with Gasteiger partial charge in [0.05, 0.1) is 17.8 Å². The molecule has 1 aliphatic rings. The Bertz CT molecular complexity index is 1070. The van der Waals surface area contributed by atoms with E-state index in [0.717, 1.165) is 23.9 Å². The SMILES string of the molecule is OCC1OC(Sc2cncc(Cl)c2)C(O)C(n2cc(-c3ccc(F)c(F)c3)nn2)C1O. The normalized spacial score (nSPS) is 26.2. The molecule has 12 heteroatoms. The molecule has 2 aromatic heterocycles. The van der Waals surface area contributed by atoms with Crippen LogP contribution >= 0.6 is 23.4 Å². The second-order valence-electron chi connectivity index (χ2n) is 6.87. The first-order valence-corrected chi connectivity index (χ1v) is 10.4. The fourth-order valence-electron chi connectivity index (χ4n) is 3.28. The highest BCUT2D eigenvalue weighted by atomic mass is 35.5. The first-order valence-electron chi connectivity index (χ1n) is 9.14. The molecular weight excluding hydrogens is 454 g/mol. The Morgan fingerprint density at radius 2 is 1.94 bits per heavy atom. The number of aliphatic hydroxyl groups is 3. The molecule has 0 bridgehead atoms. The van der Waals surface area contributed by atoms with Crippen molar-refractivity contribution in [2.24, 2.45) is 0 Å². The van der Waals surface area contributed by atoms with Gasteiger partial charge in [-0.05, 0) is 24.3 Å². The zero-order chi connectivity index (χ0) is 22.1. The molecule has 0 radical (unpaired) electrons. The highest BCUT2D eigenvalue weighted by Gasteiger charge is 2.46. The third-order valence-electron chi connectivity index (χ3n) is 4.81. The molecule has 5 unspecified atom stereocenters. The molecule has 3 heterocycles. The molecular formula is C19H17ClF2N4O4S. The zero-order valence-electron chi connectivity index (χ0n) is 15.7. The van der Waals surface area contributed by atoms with Gasteiger partial charge in [0.2, 0.25) is 0 Å². The smallest absolute Gasteiger partial charge is 0.159 e. The third-order valence-corrected chi connectivity index (χ3v) is 6.14. The summed E-state index contributed by atoms with van der Waals surface area (Å²) in [5.74, 6) is -2.03. The second kappa shape index (κ2) is 9.15. The van der Waals surface area contributed by atoms with Crippen molar-refractivity contribution in [3.8, 4) is 11.3 Å². The molecule has 0 saturated carbocycles. The summed E-state index contributed by atoms with van der Waals surface area (Å²) in [6, 6.07) is 3.89. The molecule has 1 saturated heterocycles. The maximum atomic E-state index is 13.6. The lowest BCUT2D eigenvalue weighted by atomic mass is 9.97. The molecule has 3 N–H and O–H groups in total. The van der Waals surface area contributed by atoms with Crippen LogP contribution < -0.4 is 0 Å². The molecule has 0 amide bonds. The van der Waals surface area contributed by atoms with E-state index in [1.54, 1.807) is 6.07 Å². The predicted molar refractivity (Wildman–Crippen MR) is 107 cm³/mol. The number of halogens is 3. The number of thioether (sulfide) groups is 1.